The summed E-state index contributed by atoms with van der Waals surface area (Å²) in [7, 11) is 0. The Morgan fingerprint density at radius 1 is 1.26 bits per heavy atom. The first kappa shape index (κ1) is 15.2. The number of carbonyl (C=O) groups is 1. The van der Waals surface area contributed by atoms with E-state index in [1.165, 1.54) is 0 Å². The average molecular weight is 309 g/mol. The van der Waals surface area contributed by atoms with Crippen LogP contribution in [0, 0.1) is 13.8 Å². The van der Waals surface area contributed by atoms with Crippen molar-refractivity contribution in [1.29, 1.82) is 0 Å². The molecule has 3 aromatic rings. The van der Waals surface area contributed by atoms with Crippen molar-refractivity contribution in [3.8, 4) is 11.1 Å². The second-order valence-electron chi connectivity index (χ2n) is 5.70. The lowest BCUT2D eigenvalue weighted by atomic mass is 10.0. The fraction of sp³-hybridized carbons (Fsp3) is 0.278. The van der Waals surface area contributed by atoms with Crippen LogP contribution < -0.4 is 0 Å². The first-order valence-corrected chi connectivity index (χ1v) is 7.71. The molecule has 0 aliphatic heterocycles. The van der Waals surface area contributed by atoms with Gasteiger partial charge in [0.05, 0.1) is 5.69 Å². The molecule has 118 valence electrons. The van der Waals surface area contributed by atoms with Gasteiger partial charge >= 0.3 is 5.97 Å². The Kier molecular flexibility index (Phi) is 3.86. The maximum atomic E-state index is 11.4. The van der Waals surface area contributed by atoms with Gasteiger partial charge in [0.1, 0.15) is 0 Å². The Balaban J connectivity index is 2.37. The number of carboxylic acids is 1. The smallest absolute Gasteiger partial charge is 0.354 e. The topological polar surface area (TPSA) is 67.5 Å². The van der Waals surface area contributed by atoms with Gasteiger partial charge in [-0.2, -0.15) is 5.10 Å². The number of benzene rings is 1. The van der Waals surface area contributed by atoms with Gasteiger partial charge in [-0.25, -0.2) is 14.3 Å². The Labute approximate surface area is 134 Å². The van der Waals surface area contributed by atoms with E-state index in [9.17, 15) is 9.90 Å². The van der Waals surface area contributed by atoms with Crippen LogP contribution in [0.2, 0.25) is 0 Å². The standard InChI is InChI=1S/C18H19N3O2/c1-4-7-13-10-15(18(22)23)19-17-16(12(3)20-21(13)17)14-9-6-5-8-11(14)2/h5-6,8-10H,4,7H2,1-3H3,(H,22,23). The molecule has 2 aromatic heterocycles. The van der Waals surface area contributed by atoms with Gasteiger partial charge in [-0.15, -0.1) is 0 Å². The van der Waals surface area contributed by atoms with Crippen molar-refractivity contribution in [1.82, 2.24) is 14.6 Å². The number of hydrogen-bond acceptors (Lipinski definition) is 3. The quantitative estimate of drug-likeness (QED) is 0.798. The van der Waals surface area contributed by atoms with Crippen molar-refractivity contribution in [2.45, 2.75) is 33.6 Å². The summed E-state index contributed by atoms with van der Waals surface area (Å²) in [5, 5.41) is 14.0. The summed E-state index contributed by atoms with van der Waals surface area (Å²) in [6.45, 7) is 6.03. The van der Waals surface area contributed by atoms with Gasteiger partial charge in [-0.3, -0.25) is 0 Å². The number of hydrogen-bond donors (Lipinski definition) is 1. The minimum Gasteiger partial charge on any atom is -0.477 e. The maximum Gasteiger partial charge on any atom is 0.354 e. The van der Waals surface area contributed by atoms with Crippen LogP contribution in [0.1, 0.15) is 40.8 Å². The Hall–Kier alpha value is -2.69. The third-order valence-corrected chi connectivity index (χ3v) is 3.98. The highest BCUT2D eigenvalue weighted by Crippen LogP contribution is 2.30. The van der Waals surface area contributed by atoms with E-state index in [0.717, 1.165) is 40.9 Å². The highest BCUT2D eigenvalue weighted by molar-refractivity contribution is 5.88. The van der Waals surface area contributed by atoms with Gasteiger partial charge < -0.3 is 5.11 Å². The number of nitrogens with zero attached hydrogens (tertiary/aromatic N) is 3. The molecule has 1 N–H and O–H groups in total. The molecule has 0 fully saturated rings. The third kappa shape index (κ3) is 2.59. The Bertz CT molecular complexity index is 897. The maximum absolute atomic E-state index is 11.4. The van der Waals surface area contributed by atoms with Gasteiger partial charge in [-0.05, 0) is 37.5 Å². The molecular formula is C18H19N3O2. The predicted molar refractivity (Wildman–Crippen MR) is 88.9 cm³/mol. The van der Waals surface area contributed by atoms with Crippen LogP contribution in [0.5, 0.6) is 0 Å². The molecule has 0 saturated heterocycles. The summed E-state index contributed by atoms with van der Waals surface area (Å²) >= 11 is 0. The lowest BCUT2D eigenvalue weighted by Crippen LogP contribution is -2.08. The molecule has 5 heteroatoms. The molecule has 0 spiro atoms. The second-order valence-corrected chi connectivity index (χ2v) is 5.70. The molecule has 0 saturated carbocycles. The van der Waals surface area contributed by atoms with Gasteiger partial charge in [0, 0.05) is 11.3 Å². The highest BCUT2D eigenvalue weighted by Gasteiger charge is 2.19. The van der Waals surface area contributed by atoms with Gasteiger partial charge in [0.15, 0.2) is 11.3 Å². The van der Waals surface area contributed by atoms with Crippen molar-refractivity contribution in [2.75, 3.05) is 0 Å². The Morgan fingerprint density at radius 2 is 2.00 bits per heavy atom. The van der Waals surface area contributed by atoms with Gasteiger partial charge in [0.25, 0.3) is 0 Å². The summed E-state index contributed by atoms with van der Waals surface area (Å²) in [4.78, 5) is 15.8. The summed E-state index contributed by atoms with van der Waals surface area (Å²) in [5.74, 6) is -1.01. The summed E-state index contributed by atoms with van der Waals surface area (Å²) in [6.07, 6.45) is 1.67. The number of fused-ring (bicyclic) bond motifs is 1. The number of aromatic carboxylic acids is 1. The van der Waals surface area contributed by atoms with E-state index in [2.05, 4.69) is 17.0 Å². The fourth-order valence-corrected chi connectivity index (χ4v) is 2.90. The molecule has 5 nitrogen and oxygen atoms in total. The van der Waals surface area contributed by atoms with E-state index in [-0.39, 0.29) is 5.69 Å². The lowest BCUT2D eigenvalue weighted by Gasteiger charge is -2.07. The number of aromatic nitrogens is 3. The van der Waals surface area contributed by atoms with Crippen LogP contribution in [-0.2, 0) is 6.42 Å². The molecule has 3 rings (SSSR count). The SMILES string of the molecule is CCCc1cc(C(=O)O)nc2c(-c3ccccc3C)c(C)nn12. The van der Waals surface area contributed by atoms with Crippen LogP contribution in [0.25, 0.3) is 16.8 Å². The number of aryl methyl sites for hydroxylation is 3. The van der Waals surface area contributed by atoms with Crippen molar-refractivity contribution in [3.05, 3.63) is 53.0 Å². The zero-order chi connectivity index (χ0) is 16.6. The number of rotatable bonds is 4. The van der Waals surface area contributed by atoms with Crippen LogP contribution in [0.3, 0.4) is 0 Å². The molecule has 0 radical (unpaired) electrons. The first-order valence-electron chi connectivity index (χ1n) is 7.71. The van der Waals surface area contributed by atoms with Crippen LogP contribution in [0.15, 0.2) is 30.3 Å². The molecule has 0 unspecified atom stereocenters. The summed E-state index contributed by atoms with van der Waals surface area (Å²) in [5.41, 5.74) is 5.46. The molecule has 0 bridgehead atoms. The fourth-order valence-electron chi connectivity index (χ4n) is 2.90. The van der Waals surface area contributed by atoms with Crippen LogP contribution in [-0.4, -0.2) is 25.7 Å². The molecular weight excluding hydrogens is 290 g/mol. The normalized spacial score (nSPS) is 11.1. The molecule has 0 aliphatic carbocycles. The molecule has 2 heterocycles. The van der Waals surface area contributed by atoms with E-state index < -0.39 is 5.97 Å². The van der Waals surface area contributed by atoms with Gasteiger partial charge in [-0.1, -0.05) is 37.6 Å². The van der Waals surface area contributed by atoms with E-state index in [0.29, 0.717) is 5.65 Å². The monoisotopic (exact) mass is 309 g/mol. The third-order valence-electron chi connectivity index (χ3n) is 3.98. The van der Waals surface area contributed by atoms with E-state index >= 15 is 0 Å². The first-order chi connectivity index (χ1) is 11.0. The van der Waals surface area contributed by atoms with Crippen molar-refractivity contribution >= 4 is 11.6 Å². The largest absolute Gasteiger partial charge is 0.477 e. The summed E-state index contributed by atoms with van der Waals surface area (Å²) < 4.78 is 1.78. The lowest BCUT2D eigenvalue weighted by molar-refractivity contribution is 0.0690. The Morgan fingerprint density at radius 3 is 2.65 bits per heavy atom. The van der Waals surface area contributed by atoms with Crippen LogP contribution in [0.4, 0.5) is 0 Å². The van der Waals surface area contributed by atoms with E-state index in [1.54, 1.807) is 10.6 Å². The zero-order valence-corrected chi connectivity index (χ0v) is 13.5. The minimum atomic E-state index is -1.01. The van der Waals surface area contributed by atoms with Crippen molar-refractivity contribution in [2.24, 2.45) is 0 Å². The average Bonchev–Trinajstić information content (AvgIpc) is 2.84. The highest BCUT2D eigenvalue weighted by atomic mass is 16.4. The molecule has 0 atom stereocenters. The van der Waals surface area contributed by atoms with Crippen molar-refractivity contribution < 1.29 is 9.90 Å². The zero-order valence-electron chi connectivity index (χ0n) is 13.5. The van der Waals surface area contributed by atoms with E-state index in [1.807, 2.05) is 38.1 Å². The van der Waals surface area contributed by atoms with Crippen LogP contribution >= 0.6 is 0 Å². The van der Waals surface area contributed by atoms with Gasteiger partial charge in [0.2, 0.25) is 0 Å². The number of carboxylic acid groups (broad SMARTS) is 1. The second kappa shape index (κ2) is 5.83. The molecule has 0 aliphatic rings. The van der Waals surface area contributed by atoms with E-state index in [4.69, 9.17) is 0 Å². The molecule has 1 aromatic carbocycles. The predicted octanol–water partition coefficient (Wildman–Crippen LogP) is 3.66. The summed E-state index contributed by atoms with van der Waals surface area (Å²) in [6, 6.07) is 9.63. The molecule has 23 heavy (non-hydrogen) atoms. The molecule has 0 amide bonds. The minimum absolute atomic E-state index is 0.0654. The van der Waals surface area contributed by atoms with Crippen molar-refractivity contribution in [3.63, 3.8) is 0 Å².